The Balaban J connectivity index is 2.34. The SMILES string of the molecule is O=C(O)[C@H]1CCCCN1C(=O)c1cc(F)cc([N+](=O)[O-])c1. The van der Waals surface area contributed by atoms with Crippen LogP contribution in [0.5, 0.6) is 0 Å². The first kappa shape index (κ1) is 14.9. The first-order valence-electron chi connectivity index (χ1n) is 6.39. The Kier molecular flexibility index (Phi) is 4.15. The van der Waals surface area contributed by atoms with E-state index in [9.17, 15) is 24.1 Å². The lowest BCUT2D eigenvalue weighted by atomic mass is 10.0. The number of amides is 1. The van der Waals surface area contributed by atoms with E-state index in [2.05, 4.69) is 0 Å². The molecule has 1 aliphatic rings. The number of piperidine rings is 1. The molecule has 0 radical (unpaired) electrons. The summed E-state index contributed by atoms with van der Waals surface area (Å²) < 4.78 is 13.4. The van der Waals surface area contributed by atoms with Crippen LogP contribution in [0.1, 0.15) is 29.6 Å². The van der Waals surface area contributed by atoms with Gasteiger partial charge in [-0.2, -0.15) is 0 Å². The van der Waals surface area contributed by atoms with Crippen molar-refractivity contribution in [2.24, 2.45) is 0 Å². The van der Waals surface area contributed by atoms with Crippen molar-refractivity contribution in [2.75, 3.05) is 6.54 Å². The van der Waals surface area contributed by atoms with Gasteiger partial charge in [0, 0.05) is 18.2 Å². The van der Waals surface area contributed by atoms with Gasteiger partial charge in [-0.1, -0.05) is 0 Å². The summed E-state index contributed by atoms with van der Waals surface area (Å²) in [5, 5.41) is 19.8. The molecule has 1 amide bonds. The maximum absolute atomic E-state index is 13.4. The van der Waals surface area contributed by atoms with Gasteiger partial charge >= 0.3 is 5.97 Å². The number of likely N-dealkylation sites (tertiary alicyclic amines) is 1. The summed E-state index contributed by atoms with van der Waals surface area (Å²) >= 11 is 0. The minimum Gasteiger partial charge on any atom is -0.480 e. The van der Waals surface area contributed by atoms with Gasteiger partial charge in [0.25, 0.3) is 11.6 Å². The topological polar surface area (TPSA) is 101 Å². The van der Waals surface area contributed by atoms with Crippen molar-refractivity contribution in [1.82, 2.24) is 4.90 Å². The monoisotopic (exact) mass is 296 g/mol. The van der Waals surface area contributed by atoms with Crippen molar-refractivity contribution in [3.05, 3.63) is 39.7 Å². The van der Waals surface area contributed by atoms with E-state index in [1.807, 2.05) is 0 Å². The molecule has 7 nitrogen and oxygen atoms in total. The molecule has 1 aliphatic heterocycles. The van der Waals surface area contributed by atoms with E-state index >= 15 is 0 Å². The number of halogens is 1. The Bertz CT molecular complexity index is 604. The van der Waals surface area contributed by atoms with E-state index in [1.54, 1.807) is 0 Å². The van der Waals surface area contributed by atoms with Gasteiger partial charge in [0.05, 0.1) is 11.0 Å². The van der Waals surface area contributed by atoms with Gasteiger partial charge in [-0.25, -0.2) is 9.18 Å². The van der Waals surface area contributed by atoms with Crippen LogP contribution in [-0.4, -0.2) is 39.4 Å². The molecule has 1 fully saturated rings. The summed E-state index contributed by atoms with van der Waals surface area (Å²) in [6.45, 7) is 0.236. The van der Waals surface area contributed by atoms with Gasteiger partial charge in [0.1, 0.15) is 11.9 Å². The third-order valence-electron chi connectivity index (χ3n) is 3.39. The molecule has 0 aromatic heterocycles. The molecule has 8 heteroatoms. The number of hydrogen-bond acceptors (Lipinski definition) is 4. The number of nitro benzene ring substituents is 1. The number of carbonyl (C=O) groups excluding carboxylic acids is 1. The lowest BCUT2D eigenvalue weighted by Gasteiger charge is -2.32. The molecule has 0 aliphatic carbocycles. The van der Waals surface area contributed by atoms with Crippen molar-refractivity contribution in [3.63, 3.8) is 0 Å². The molecule has 1 aromatic carbocycles. The molecule has 0 bridgehead atoms. The fourth-order valence-electron chi connectivity index (χ4n) is 2.40. The zero-order chi connectivity index (χ0) is 15.6. The van der Waals surface area contributed by atoms with Gasteiger partial charge < -0.3 is 10.0 Å². The van der Waals surface area contributed by atoms with Gasteiger partial charge in [-0.05, 0) is 25.3 Å². The molecule has 1 saturated heterocycles. The van der Waals surface area contributed by atoms with Crippen LogP contribution in [0.25, 0.3) is 0 Å². The second-order valence-electron chi connectivity index (χ2n) is 4.80. The lowest BCUT2D eigenvalue weighted by Crippen LogP contribution is -2.48. The number of benzene rings is 1. The molecular weight excluding hydrogens is 283 g/mol. The van der Waals surface area contributed by atoms with E-state index in [1.165, 1.54) is 0 Å². The number of nitrogens with zero attached hydrogens (tertiary/aromatic N) is 2. The summed E-state index contributed by atoms with van der Waals surface area (Å²) in [5.74, 6) is -2.74. The van der Waals surface area contributed by atoms with Gasteiger partial charge in [-0.15, -0.1) is 0 Å². The molecule has 1 atom stereocenters. The first-order chi connectivity index (χ1) is 9.90. The molecule has 0 unspecified atom stereocenters. The van der Waals surface area contributed by atoms with E-state index in [4.69, 9.17) is 5.11 Å². The quantitative estimate of drug-likeness (QED) is 0.677. The zero-order valence-corrected chi connectivity index (χ0v) is 11.0. The van der Waals surface area contributed by atoms with Crippen LogP contribution < -0.4 is 0 Å². The standard InChI is InChI=1S/C13H13FN2O5/c14-9-5-8(6-10(7-9)16(20)21)12(17)15-4-2-1-3-11(15)13(18)19/h5-7,11H,1-4H2,(H,18,19)/t11-/m1/s1. The van der Waals surface area contributed by atoms with Crippen LogP contribution in [0, 0.1) is 15.9 Å². The van der Waals surface area contributed by atoms with Crippen LogP contribution in [0.2, 0.25) is 0 Å². The van der Waals surface area contributed by atoms with Crippen LogP contribution in [0.4, 0.5) is 10.1 Å². The molecule has 1 aromatic rings. The van der Waals surface area contributed by atoms with Crippen LogP contribution in [0.15, 0.2) is 18.2 Å². The van der Waals surface area contributed by atoms with Crippen molar-refractivity contribution in [1.29, 1.82) is 0 Å². The summed E-state index contributed by atoms with van der Waals surface area (Å²) in [6, 6.07) is 1.57. The number of non-ortho nitro benzene ring substituents is 1. The molecule has 21 heavy (non-hydrogen) atoms. The smallest absolute Gasteiger partial charge is 0.326 e. The van der Waals surface area contributed by atoms with Gasteiger partial charge in [0.15, 0.2) is 0 Å². The maximum atomic E-state index is 13.4. The average Bonchev–Trinajstić information content (AvgIpc) is 2.45. The Labute approximate surface area is 119 Å². The molecule has 1 heterocycles. The van der Waals surface area contributed by atoms with E-state index in [0.717, 1.165) is 17.0 Å². The predicted octanol–water partition coefficient (Wildman–Crippen LogP) is 1.81. The molecule has 0 saturated carbocycles. The van der Waals surface area contributed by atoms with Gasteiger partial charge in [0.2, 0.25) is 0 Å². The van der Waals surface area contributed by atoms with Crippen molar-refractivity contribution in [2.45, 2.75) is 25.3 Å². The van der Waals surface area contributed by atoms with Crippen molar-refractivity contribution < 1.29 is 24.0 Å². The second kappa shape index (κ2) is 5.86. The highest BCUT2D eigenvalue weighted by atomic mass is 19.1. The number of rotatable bonds is 3. The number of nitro groups is 1. The highest BCUT2D eigenvalue weighted by molar-refractivity contribution is 5.97. The highest BCUT2D eigenvalue weighted by Crippen LogP contribution is 2.23. The normalized spacial score (nSPS) is 18.3. The van der Waals surface area contributed by atoms with E-state index < -0.39 is 34.3 Å². The van der Waals surface area contributed by atoms with Crippen LogP contribution >= 0.6 is 0 Å². The summed E-state index contributed by atoms with van der Waals surface area (Å²) in [5.41, 5.74) is -0.753. The first-order valence-corrected chi connectivity index (χ1v) is 6.39. The molecular formula is C13H13FN2O5. The number of aliphatic carboxylic acids is 1. The Morgan fingerprint density at radius 3 is 2.67 bits per heavy atom. The number of carboxylic acid groups (broad SMARTS) is 1. The summed E-state index contributed by atoms with van der Waals surface area (Å²) in [7, 11) is 0. The second-order valence-corrected chi connectivity index (χ2v) is 4.80. The van der Waals surface area contributed by atoms with E-state index in [0.29, 0.717) is 25.3 Å². The third-order valence-corrected chi connectivity index (χ3v) is 3.39. The minimum atomic E-state index is -1.13. The van der Waals surface area contributed by atoms with Crippen LogP contribution in [0.3, 0.4) is 0 Å². The molecule has 2 rings (SSSR count). The molecule has 1 N–H and O–H groups in total. The Morgan fingerprint density at radius 2 is 2.05 bits per heavy atom. The predicted molar refractivity (Wildman–Crippen MR) is 69.4 cm³/mol. The summed E-state index contributed by atoms with van der Waals surface area (Å²) in [4.78, 5) is 34.5. The van der Waals surface area contributed by atoms with E-state index in [-0.39, 0.29) is 12.1 Å². The van der Waals surface area contributed by atoms with Crippen molar-refractivity contribution in [3.8, 4) is 0 Å². The van der Waals surface area contributed by atoms with Crippen molar-refractivity contribution >= 4 is 17.6 Å². The average molecular weight is 296 g/mol. The summed E-state index contributed by atoms with van der Waals surface area (Å²) in [6.07, 6.45) is 1.65. The molecule has 112 valence electrons. The van der Waals surface area contributed by atoms with Gasteiger partial charge in [-0.3, -0.25) is 14.9 Å². The number of carboxylic acids is 1. The number of hydrogen-bond donors (Lipinski definition) is 1. The minimum absolute atomic E-state index is 0.213. The largest absolute Gasteiger partial charge is 0.480 e. The lowest BCUT2D eigenvalue weighted by molar-refractivity contribution is -0.385. The Morgan fingerprint density at radius 1 is 1.33 bits per heavy atom. The Hall–Kier alpha value is -2.51. The maximum Gasteiger partial charge on any atom is 0.326 e. The third kappa shape index (κ3) is 3.15. The zero-order valence-electron chi connectivity index (χ0n) is 11.0. The fourth-order valence-corrected chi connectivity index (χ4v) is 2.40. The fraction of sp³-hybridized carbons (Fsp3) is 0.385. The number of carbonyl (C=O) groups is 2. The molecule has 0 spiro atoms. The highest BCUT2D eigenvalue weighted by Gasteiger charge is 2.33. The van der Waals surface area contributed by atoms with Crippen LogP contribution in [-0.2, 0) is 4.79 Å².